The molecule has 2 atom stereocenters. The van der Waals surface area contributed by atoms with Gasteiger partial charge in [-0.25, -0.2) is 8.42 Å². The molecule has 5 heteroatoms. The van der Waals surface area contributed by atoms with Gasteiger partial charge in [-0.15, -0.1) is 0 Å². The first-order valence-electron chi connectivity index (χ1n) is 8.38. The van der Waals surface area contributed by atoms with Gasteiger partial charge < -0.3 is 10.2 Å². The Kier molecular flexibility index (Phi) is 5.21. The topological polar surface area (TPSA) is 49.4 Å². The second-order valence-corrected chi connectivity index (χ2v) is 8.46. The molecule has 128 valence electrons. The van der Waals surface area contributed by atoms with Crippen molar-refractivity contribution in [2.24, 2.45) is 0 Å². The number of para-hydroxylation sites is 1. The fourth-order valence-electron chi connectivity index (χ4n) is 3.27. The minimum absolute atomic E-state index is 0.0732. The maximum absolute atomic E-state index is 12.5. The van der Waals surface area contributed by atoms with Crippen molar-refractivity contribution in [3.05, 3.63) is 60.7 Å². The molecule has 24 heavy (non-hydrogen) atoms. The van der Waals surface area contributed by atoms with Gasteiger partial charge in [0.15, 0.2) is 9.84 Å². The summed E-state index contributed by atoms with van der Waals surface area (Å²) in [7, 11) is -3.24. The van der Waals surface area contributed by atoms with Gasteiger partial charge in [0.25, 0.3) is 0 Å². The molecule has 0 saturated carbocycles. The molecule has 1 aliphatic heterocycles. The molecule has 0 spiro atoms. The molecule has 0 radical (unpaired) electrons. The van der Waals surface area contributed by atoms with E-state index in [1.807, 2.05) is 31.2 Å². The zero-order chi connectivity index (χ0) is 17.0. The summed E-state index contributed by atoms with van der Waals surface area (Å²) in [6, 6.07) is 19.3. The molecule has 1 N–H and O–H groups in total. The molecule has 0 bridgehead atoms. The predicted molar refractivity (Wildman–Crippen MR) is 98.2 cm³/mol. The van der Waals surface area contributed by atoms with Crippen LogP contribution < -0.4 is 10.2 Å². The average molecular weight is 344 g/mol. The number of nitrogens with zero attached hydrogens (tertiary/aromatic N) is 1. The number of nitrogens with one attached hydrogen (secondary N) is 1. The lowest BCUT2D eigenvalue weighted by molar-refractivity contribution is 0.487. The molecule has 0 amide bonds. The fraction of sp³-hybridized carbons (Fsp3) is 0.368. The van der Waals surface area contributed by atoms with Crippen LogP contribution in [0.5, 0.6) is 0 Å². The van der Waals surface area contributed by atoms with E-state index < -0.39 is 9.84 Å². The van der Waals surface area contributed by atoms with Crippen LogP contribution in [-0.2, 0) is 9.84 Å². The molecule has 0 unspecified atom stereocenters. The van der Waals surface area contributed by atoms with Crippen LogP contribution >= 0.6 is 0 Å². The first kappa shape index (κ1) is 17.0. The normalized spacial score (nSPS) is 19.4. The summed E-state index contributed by atoms with van der Waals surface area (Å²) in [6.07, 6.45) is 1.03. The van der Waals surface area contributed by atoms with E-state index in [-0.39, 0.29) is 11.8 Å². The van der Waals surface area contributed by atoms with Crippen LogP contribution in [0.15, 0.2) is 65.6 Å². The highest BCUT2D eigenvalue weighted by Gasteiger charge is 2.26. The summed E-state index contributed by atoms with van der Waals surface area (Å²) in [5.41, 5.74) is 1.23. The fourth-order valence-corrected chi connectivity index (χ4v) is 4.79. The average Bonchev–Trinajstić information content (AvgIpc) is 3.04. The summed E-state index contributed by atoms with van der Waals surface area (Å²) >= 11 is 0. The summed E-state index contributed by atoms with van der Waals surface area (Å²) in [5, 5.41) is 3.48. The van der Waals surface area contributed by atoms with Crippen LogP contribution in [0.3, 0.4) is 0 Å². The molecule has 3 rings (SSSR count). The van der Waals surface area contributed by atoms with E-state index in [0.717, 1.165) is 19.5 Å². The third kappa shape index (κ3) is 4.16. The zero-order valence-corrected chi connectivity index (χ0v) is 14.7. The Bertz CT molecular complexity index is 747. The smallest absolute Gasteiger partial charge is 0.179 e. The molecule has 1 saturated heterocycles. The Morgan fingerprint density at radius 3 is 2.38 bits per heavy atom. The number of rotatable bonds is 6. The second kappa shape index (κ2) is 7.36. The molecule has 4 nitrogen and oxygen atoms in total. The Morgan fingerprint density at radius 2 is 1.71 bits per heavy atom. The monoisotopic (exact) mass is 344 g/mol. The van der Waals surface area contributed by atoms with Crippen molar-refractivity contribution in [2.75, 3.05) is 23.7 Å². The number of benzene rings is 2. The van der Waals surface area contributed by atoms with E-state index in [1.54, 1.807) is 24.3 Å². The minimum atomic E-state index is -3.24. The second-order valence-electron chi connectivity index (χ2n) is 6.43. The van der Waals surface area contributed by atoms with Gasteiger partial charge >= 0.3 is 0 Å². The van der Waals surface area contributed by atoms with Crippen molar-refractivity contribution >= 4 is 15.5 Å². The molecule has 1 heterocycles. The Morgan fingerprint density at radius 1 is 1.08 bits per heavy atom. The first-order chi connectivity index (χ1) is 11.5. The largest absolute Gasteiger partial charge is 0.370 e. The highest BCUT2D eigenvalue weighted by atomic mass is 32.2. The Hall–Kier alpha value is -1.85. The van der Waals surface area contributed by atoms with Crippen LogP contribution in [-0.4, -0.2) is 39.3 Å². The molecule has 1 aliphatic rings. The van der Waals surface area contributed by atoms with Crippen LogP contribution in [0, 0.1) is 0 Å². The number of hydrogen-bond acceptors (Lipinski definition) is 4. The maximum atomic E-state index is 12.5. The van der Waals surface area contributed by atoms with E-state index in [9.17, 15) is 8.42 Å². The lowest BCUT2D eigenvalue weighted by Crippen LogP contribution is -2.42. The van der Waals surface area contributed by atoms with E-state index in [2.05, 4.69) is 22.3 Å². The van der Waals surface area contributed by atoms with Crippen LogP contribution in [0.4, 0.5) is 5.69 Å². The highest BCUT2D eigenvalue weighted by molar-refractivity contribution is 7.91. The molecule has 2 aromatic carbocycles. The third-order valence-corrected chi connectivity index (χ3v) is 6.33. The van der Waals surface area contributed by atoms with Crippen molar-refractivity contribution in [1.29, 1.82) is 0 Å². The van der Waals surface area contributed by atoms with Gasteiger partial charge in [-0.3, -0.25) is 0 Å². The molecule has 2 aromatic rings. The van der Waals surface area contributed by atoms with Crippen LogP contribution in [0.1, 0.15) is 13.3 Å². The Labute approximate surface area is 144 Å². The van der Waals surface area contributed by atoms with Gasteiger partial charge in [0, 0.05) is 30.9 Å². The standard InChI is InChI=1S/C19H24N2O2S/c1-16(15-24(22,23)19-10-6-3-7-11-19)20-17-12-13-21(14-17)18-8-4-2-5-9-18/h2-11,16-17,20H,12-15H2,1H3/t16-,17+/m1/s1. The van der Waals surface area contributed by atoms with E-state index >= 15 is 0 Å². The first-order valence-corrected chi connectivity index (χ1v) is 10.0. The van der Waals surface area contributed by atoms with Crippen molar-refractivity contribution in [1.82, 2.24) is 5.32 Å². The zero-order valence-electron chi connectivity index (χ0n) is 13.9. The van der Waals surface area contributed by atoms with Gasteiger partial charge in [0.05, 0.1) is 10.6 Å². The van der Waals surface area contributed by atoms with E-state index in [4.69, 9.17) is 0 Å². The van der Waals surface area contributed by atoms with Gasteiger partial charge in [-0.05, 0) is 37.6 Å². The lowest BCUT2D eigenvalue weighted by atomic mass is 10.2. The van der Waals surface area contributed by atoms with Gasteiger partial charge in [0.1, 0.15) is 0 Å². The molecular formula is C19H24N2O2S. The van der Waals surface area contributed by atoms with Gasteiger partial charge in [-0.2, -0.15) is 0 Å². The summed E-state index contributed by atoms with van der Waals surface area (Å²) in [5.74, 6) is 0.124. The SMILES string of the molecule is C[C@H](CS(=O)(=O)c1ccccc1)N[C@H]1CCN(c2ccccc2)C1. The van der Waals surface area contributed by atoms with Gasteiger partial charge in [0.2, 0.25) is 0 Å². The molecule has 0 aromatic heterocycles. The summed E-state index contributed by atoms with van der Waals surface area (Å²) in [4.78, 5) is 2.74. The number of anilines is 1. The van der Waals surface area contributed by atoms with Gasteiger partial charge in [-0.1, -0.05) is 36.4 Å². The predicted octanol–water partition coefficient (Wildman–Crippen LogP) is 2.72. The maximum Gasteiger partial charge on any atom is 0.179 e. The van der Waals surface area contributed by atoms with E-state index in [1.165, 1.54) is 5.69 Å². The molecular weight excluding hydrogens is 320 g/mol. The highest BCUT2D eigenvalue weighted by Crippen LogP contribution is 2.20. The van der Waals surface area contributed by atoms with Crippen LogP contribution in [0.25, 0.3) is 0 Å². The van der Waals surface area contributed by atoms with Crippen molar-refractivity contribution in [3.8, 4) is 0 Å². The molecule has 1 fully saturated rings. The van der Waals surface area contributed by atoms with Crippen LogP contribution in [0.2, 0.25) is 0 Å². The van der Waals surface area contributed by atoms with Crippen molar-refractivity contribution < 1.29 is 8.42 Å². The van der Waals surface area contributed by atoms with Crippen molar-refractivity contribution in [2.45, 2.75) is 30.3 Å². The molecule has 0 aliphatic carbocycles. The van der Waals surface area contributed by atoms with E-state index in [0.29, 0.717) is 10.9 Å². The Balaban J connectivity index is 1.55. The quantitative estimate of drug-likeness (QED) is 0.875. The summed E-state index contributed by atoms with van der Waals surface area (Å²) < 4.78 is 24.9. The van der Waals surface area contributed by atoms with Crippen molar-refractivity contribution in [3.63, 3.8) is 0 Å². The minimum Gasteiger partial charge on any atom is -0.370 e. The number of sulfone groups is 1. The lowest BCUT2D eigenvalue weighted by Gasteiger charge is -2.21. The summed E-state index contributed by atoms with van der Waals surface area (Å²) in [6.45, 7) is 3.87. The number of hydrogen-bond donors (Lipinski definition) is 1. The third-order valence-electron chi connectivity index (χ3n) is 4.40.